The van der Waals surface area contributed by atoms with Crippen molar-refractivity contribution in [1.82, 2.24) is 0 Å². The molecular weight excluding hydrogens is 186 g/mol. The van der Waals surface area contributed by atoms with Gasteiger partial charge < -0.3 is 0 Å². The second-order valence-electron chi connectivity index (χ2n) is 3.79. The fourth-order valence-corrected chi connectivity index (χ4v) is 1.71. The monoisotopic (exact) mass is 199 g/mol. The lowest BCUT2D eigenvalue weighted by atomic mass is 10.0. The van der Waals surface area contributed by atoms with Crippen molar-refractivity contribution in [1.29, 1.82) is 0 Å². The minimum Gasteiger partial charge on any atom is -0.298 e. The number of carbonyl (C=O) groups excluding carboxylic acids is 1. The topological polar surface area (TPSA) is 29.4 Å². The molecule has 15 heavy (non-hydrogen) atoms. The smallest absolute Gasteiger partial charge is 0.150 e. The van der Waals surface area contributed by atoms with E-state index in [9.17, 15) is 4.79 Å². The van der Waals surface area contributed by atoms with Crippen LogP contribution < -0.4 is 0 Å². The zero-order valence-electron chi connectivity index (χ0n) is 8.68. The summed E-state index contributed by atoms with van der Waals surface area (Å²) in [6.45, 7) is 2.10. The first-order chi connectivity index (χ1) is 7.29. The van der Waals surface area contributed by atoms with Crippen molar-refractivity contribution in [2.75, 3.05) is 0 Å². The predicted octanol–water partition coefficient (Wildman–Crippen LogP) is 2.65. The maximum absolute atomic E-state index is 10.8. The van der Waals surface area contributed by atoms with Crippen LogP contribution in [0.3, 0.4) is 0 Å². The Labute approximate surface area is 89.3 Å². The summed E-state index contributed by atoms with van der Waals surface area (Å²) < 4.78 is 0. The number of aliphatic imine (C=N–C) groups is 1. The number of hydrogen-bond acceptors (Lipinski definition) is 2. The summed E-state index contributed by atoms with van der Waals surface area (Å²) in [6, 6.07) is 7.64. The number of carbonyl (C=O) groups is 1. The molecule has 1 heterocycles. The van der Waals surface area contributed by atoms with Gasteiger partial charge in [0.1, 0.15) is 6.29 Å². The second kappa shape index (κ2) is 4.22. The van der Waals surface area contributed by atoms with Gasteiger partial charge in [0.25, 0.3) is 0 Å². The van der Waals surface area contributed by atoms with Crippen LogP contribution in [0.15, 0.2) is 41.0 Å². The molecule has 0 spiro atoms. The SMILES string of the molecule is CC1C=NC(Cc2ccccc2C=O)=C1. The minimum atomic E-state index is 0.420. The van der Waals surface area contributed by atoms with Gasteiger partial charge in [-0.25, -0.2) is 0 Å². The zero-order chi connectivity index (χ0) is 10.7. The van der Waals surface area contributed by atoms with Crippen LogP contribution in [0.4, 0.5) is 0 Å². The van der Waals surface area contributed by atoms with Gasteiger partial charge in [0, 0.05) is 29.8 Å². The molecule has 0 aromatic heterocycles. The van der Waals surface area contributed by atoms with Crippen molar-refractivity contribution in [2.24, 2.45) is 10.9 Å². The Morgan fingerprint density at radius 1 is 1.40 bits per heavy atom. The van der Waals surface area contributed by atoms with E-state index in [0.717, 1.165) is 29.5 Å². The molecule has 1 unspecified atom stereocenters. The first-order valence-electron chi connectivity index (χ1n) is 5.07. The van der Waals surface area contributed by atoms with Gasteiger partial charge in [0.2, 0.25) is 0 Å². The Morgan fingerprint density at radius 3 is 2.87 bits per heavy atom. The second-order valence-corrected chi connectivity index (χ2v) is 3.79. The molecule has 2 heteroatoms. The normalized spacial score (nSPS) is 19.0. The molecule has 1 aliphatic rings. The molecule has 0 radical (unpaired) electrons. The third-order valence-corrected chi connectivity index (χ3v) is 2.48. The Balaban J connectivity index is 2.21. The molecule has 1 aromatic carbocycles. The summed E-state index contributed by atoms with van der Waals surface area (Å²) in [5.41, 5.74) is 2.86. The lowest BCUT2D eigenvalue weighted by molar-refractivity contribution is 0.112. The van der Waals surface area contributed by atoms with E-state index in [4.69, 9.17) is 0 Å². The molecule has 1 aliphatic heterocycles. The molecule has 1 atom stereocenters. The van der Waals surface area contributed by atoms with E-state index in [1.54, 1.807) is 0 Å². The summed E-state index contributed by atoms with van der Waals surface area (Å²) in [4.78, 5) is 15.1. The third kappa shape index (κ3) is 2.21. The highest BCUT2D eigenvalue weighted by Crippen LogP contribution is 2.18. The molecule has 0 aliphatic carbocycles. The highest BCUT2D eigenvalue weighted by atomic mass is 16.1. The average Bonchev–Trinajstić information content (AvgIpc) is 2.65. The molecular formula is C13H13NO. The summed E-state index contributed by atoms with van der Waals surface area (Å²) in [5.74, 6) is 0.420. The third-order valence-electron chi connectivity index (χ3n) is 2.48. The van der Waals surface area contributed by atoms with Gasteiger partial charge >= 0.3 is 0 Å². The molecule has 0 amide bonds. The van der Waals surface area contributed by atoms with Gasteiger partial charge in [-0.3, -0.25) is 9.79 Å². The van der Waals surface area contributed by atoms with Crippen LogP contribution in [0.1, 0.15) is 22.8 Å². The van der Waals surface area contributed by atoms with Crippen LogP contribution in [-0.4, -0.2) is 12.5 Å². The standard InChI is InChI=1S/C13H13NO/c1-10-6-13(14-8-10)7-11-4-2-3-5-12(11)9-15/h2-6,8-10H,7H2,1H3. The molecule has 0 N–H and O–H groups in total. The molecule has 2 nitrogen and oxygen atoms in total. The molecule has 76 valence electrons. The minimum absolute atomic E-state index is 0.420. The van der Waals surface area contributed by atoms with E-state index in [0.29, 0.717) is 5.92 Å². The van der Waals surface area contributed by atoms with Crippen LogP contribution in [0.2, 0.25) is 0 Å². The highest BCUT2D eigenvalue weighted by molar-refractivity contribution is 5.77. The summed E-state index contributed by atoms with van der Waals surface area (Å²) in [7, 11) is 0. The summed E-state index contributed by atoms with van der Waals surface area (Å²) in [6.07, 6.45) is 5.70. The lowest BCUT2D eigenvalue weighted by Gasteiger charge is -2.02. The molecule has 0 saturated heterocycles. The number of nitrogens with zero attached hydrogens (tertiary/aromatic N) is 1. The summed E-state index contributed by atoms with van der Waals surface area (Å²) >= 11 is 0. The van der Waals surface area contributed by atoms with Crippen LogP contribution in [-0.2, 0) is 6.42 Å². The van der Waals surface area contributed by atoms with Crippen LogP contribution in [0.5, 0.6) is 0 Å². The van der Waals surface area contributed by atoms with Gasteiger partial charge in [-0.05, 0) is 5.56 Å². The zero-order valence-corrected chi connectivity index (χ0v) is 8.68. The van der Waals surface area contributed by atoms with Crippen molar-refractivity contribution in [2.45, 2.75) is 13.3 Å². The van der Waals surface area contributed by atoms with Crippen molar-refractivity contribution >= 4 is 12.5 Å². The first-order valence-corrected chi connectivity index (χ1v) is 5.07. The van der Waals surface area contributed by atoms with E-state index in [2.05, 4.69) is 18.0 Å². The van der Waals surface area contributed by atoms with Gasteiger partial charge in [-0.2, -0.15) is 0 Å². The fraction of sp³-hybridized carbons (Fsp3) is 0.231. The number of allylic oxidation sites excluding steroid dienone is 2. The largest absolute Gasteiger partial charge is 0.298 e. The van der Waals surface area contributed by atoms with Gasteiger partial charge in [0.05, 0.1) is 0 Å². The Hall–Kier alpha value is -1.70. The van der Waals surface area contributed by atoms with Crippen molar-refractivity contribution < 1.29 is 4.79 Å². The fourth-order valence-electron chi connectivity index (χ4n) is 1.71. The molecule has 1 aromatic rings. The summed E-state index contributed by atoms with van der Waals surface area (Å²) in [5, 5.41) is 0. The van der Waals surface area contributed by atoms with Crippen molar-refractivity contribution in [3.63, 3.8) is 0 Å². The predicted molar refractivity (Wildman–Crippen MR) is 61.3 cm³/mol. The number of rotatable bonds is 3. The van der Waals surface area contributed by atoms with E-state index >= 15 is 0 Å². The Kier molecular flexibility index (Phi) is 2.77. The van der Waals surface area contributed by atoms with Crippen LogP contribution in [0.25, 0.3) is 0 Å². The number of hydrogen-bond donors (Lipinski definition) is 0. The number of aldehydes is 1. The van der Waals surface area contributed by atoms with E-state index < -0.39 is 0 Å². The molecule has 2 rings (SSSR count). The van der Waals surface area contributed by atoms with E-state index in [1.807, 2.05) is 30.5 Å². The quantitative estimate of drug-likeness (QED) is 0.688. The maximum Gasteiger partial charge on any atom is 0.150 e. The lowest BCUT2D eigenvalue weighted by Crippen LogP contribution is -1.93. The molecule has 0 fully saturated rings. The molecule has 0 bridgehead atoms. The van der Waals surface area contributed by atoms with E-state index in [-0.39, 0.29) is 0 Å². The highest BCUT2D eigenvalue weighted by Gasteiger charge is 2.08. The van der Waals surface area contributed by atoms with Gasteiger partial charge in [-0.1, -0.05) is 37.3 Å². The maximum atomic E-state index is 10.8. The van der Waals surface area contributed by atoms with Crippen LogP contribution >= 0.6 is 0 Å². The first kappa shape index (κ1) is 9.84. The number of benzene rings is 1. The van der Waals surface area contributed by atoms with Gasteiger partial charge in [0.15, 0.2) is 0 Å². The Morgan fingerprint density at radius 2 is 2.20 bits per heavy atom. The molecule has 0 saturated carbocycles. The Bertz CT molecular complexity index is 432. The van der Waals surface area contributed by atoms with E-state index in [1.165, 1.54) is 0 Å². The van der Waals surface area contributed by atoms with Crippen LogP contribution in [0, 0.1) is 5.92 Å². The van der Waals surface area contributed by atoms with Crippen molar-refractivity contribution in [3.05, 3.63) is 47.2 Å². The van der Waals surface area contributed by atoms with Crippen molar-refractivity contribution in [3.8, 4) is 0 Å². The average molecular weight is 199 g/mol. The van der Waals surface area contributed by atoms with Gasteiger partial charge in [-0.15, -0.1) is 0 Å².